The third-order valence-electron chi connectivity index (χ3n) is 5.04. The van der Waals surface area contributed by atoms with Crippen molar-refractivity contribution in [2.75, 3.05) is 23.3 Å². The first kappa shape index (κ1) is 23.5. The van der Waals surface area contributed by atoms with E-state index in [1.54, 1.807) is 30.6 Å². The van der Waals surface area contributed by atoms with Crippen LogP contribution >= 0.6 is 0 Å². The molecule has 3 rings (SSSR count). The number of nitrogens with one attached hydrogen (secondary N) is 2. The predicted molar refractivity (Wildman–Crippen MR) is 122 cm³/mol. The van der Waals surface area contributed by atoms with Crippen molar-refractivity contribution in [3.05, 3.63) is 48.3 Å². The number of carbonyl (C=O) groups is 2. The average molecular weight is 442 g/mol. The molecule has 1 atom stereocenters. The smallest absolute Gasteiger partial charge is 0.307 e. The fourth-order valence-electron chi connectivity index (χ4n) is 3.60. The summed E-state index contributed by atoms with van der Waals surface area (Å²) in [5.74, 6) is -0.748. The van der Waals surface area contributed by atoms with Crippen LogP contribution in [-0.2, 0) is 9.53 Å². The van der Waals surface area contributed by atoms with E-state index in [9.17, 15) is 9.59 Å². The second-order valence-electron chi connectivity index (χ2n) is 8.82. The van der Waals surface area contributed by atoms with Crippen molar-refractivity contribution in [2.45, 2.75) is 57.9 Å². The summed E-state index contributed by atoms with van der Waals surface area (Å²) in [6, 6.07) is 9.46. The van der Waals surface area contributed by atoms with Gasteiger partial charge in [-0.3, -0.25) is 9.59 Å². The molecule has 1 aromatic heterocycles. The fourth-order valence-corrected chi connectivity index (χ4v) is 3.60. The van der Waals surface area contributed by atoms with Gasteiger partial charge in [-0.2, -0.15) is 0 Å². The van der Waals surface area contributed by atoms with Crippen LogP contribution in [0.3, 0.4) is 0 Å². The number of anilines is 2. The lowest BCUT2D eigenvalue weighted by atomic mass is 10.0. The van der Waals surface area contributed by atoms with Gasteiger partial charge in [-0.25, -0.2) is 9.97 Å². The Balaban J connectivity index is 1.54. The lowest BCUT2D eigenvalue weighted by Gasteiger charge is -2.34. The second kappa shape index (κ2) is 10.4. The van der Waals surface area contributed by atoms with Gasteiger partial charge in [0.15, 0.2) is 0 Å². The molecule has 172 valence electrons. The van der Waals surface area contributed by atoms with Gasteiger partial charge in [0.05, 0.1) is 12.0 Å². The first-order chi connectivity index (χ1) is 15.2. The molecule has 2 aromatic rings. The average Bonchev–Trinajstić information content (AvgIpc) is 2.73. The minimum absolute atomic E-state index is 0.307. The molecule has 1 aliphatic rings. The van der Waals surface area contributed by atoms with Crippen LogP contribution in [0.5, 0.6) is 0 Å². The fraction of sp³-hybridized carbons (Fsp3) is 0.478. The highest BCUT2D eigenvalue weighted by atomic mass is 16.5. The Labute approximate surface area is 188 Å². The maximum atomic E-state index is 12.6. The third kappa shape index (κ3) is 7.19. The molecule has 1 aliphatic heterocycles. The van der Waals surface area contributed by atoms with Gasteiger partial charge in [0.25, 0.3) is 5.91 Å². The normalized spacial score (nSPS) is 15.8. The molecule has 9 nitrogen and oxygen atoms in total. The summed E-state index contributed by atoms with van der Waals surface area (Å²) in [4.78, 5) is 34.4. The standard InChI is InChI=1S/C23H31N5O4/c1-23(2,3)32-19(15-20(29)30)27-21(31)16-5-7-18(8-6-16)28-13-9-17(10-14-28)26-22-24-11-4-12-25-22/h4-8,11-12,17,19H,9-10,13-15H2,1-3H3,(H,27,31)(H,29,30)(H,24,25,26). The zero-order valence-corrected chi connectivity index (χ0v) is 18.7. The summed E-state index contributed by atoms with van der Waals surface area (Å²) in [7, 11) is 0. The highest BCUT2D eigenvalue weighted by Gasteiger charge is 2.24. The summed E-state index contributed by atoms with van der Waals surface area (Å²) in [5, 5.41) is 15.1. The third-order valence-corrected chi connectivity index (χ3v) is 5.04. The summed E-state index contributed by atoms with van der Waals surface area (Å²) in [6.07, 6.45) is 4.16. The van der Waals surface area contributed by atoms with E-state index in [-0.39, 0.29) is 12.3 Å². The molecule has 0 radical (unpaired) electrons. The number of piperidine rings is 1. The molecule has 32 heavy (non-hydrogen) atoms. The topological polar surface area (TPSA) is 117 Å². The number of amides is 1. The quantitative estimate of drug-likeness (QED) is 0.536. The molecule has 0 bridgehead atoms. The molecule has 1 fully saturated rings. The van der Waals surface area contributed by atoms with Gasteiger partial charge in [0.2, 0.25) is 5.95 Å². The number of hydrogen-bond acceptors (Lipinski definition) is 7. The molecule has 1 aromatic carbocycles. The van der Waals surface area contributed by atoms with Crippen molar-refractivity contribution < 1.29 is 19.4 Å². The molecule has 2 heterocycles. The van der Waals surface area contributed by atoms with Gasteiger partial charge in [0.1, 0.15) is 6.23 Å². The van der Waals surface area contributed by atoms with Crippen molar-refractivity contribution in [1.29, 1.82) is 0 Å². The number of carbonyl (C=O) groups excluding carboxylic acids is 1. The summed E-state index contributed by atoms with van der Waals surface area (Å²) in [5.41, 5.74) is 0.925. The molecule has 9 heteroatoms. The van der Waals surface area contributed by atoms with Crippen molar-refractivity contribution in [1.82, 2.24) is 15.3 Å². The Morgan fingerprint density at radius 3 is 2.34 bits per heavy atom. The molecule has 1 amide bonds. The van der Waals surface area contributed by atoms with Crippen LogP contribution in [0.2, 0.25) is 0 Å². The molecule has 0 saturated carbocycles. The number of aliphatic carboxylic acids is 1. The largest absolute Gasteiger partial charge is 0.481 e. The number of hydrogen-bond donors (Lipinski definition) is 3. The van der Waals surface area contributed by atoms with E-state index in [2.05, 4.69) is 25.5 Å². The highest BCUT2D eigenvalue weighted by Crippen LogP contribution is 2.22. The minimum Gasteiger partial charge on any atom is -0.481 e. The summed E-state index contributed by atoms with van der Waals surface area (Å²) >= 11 is 0. The Morgan fingerprint density at radius 1 is 1.16 bits per heavy atom. The minimum atomic E-state index is -1.04. The van der Waals surface area contributed by atoms with Crippen LogP contribution in [0, 0.1) is 0 Å². The highest BCUT2D eigenvalue weighted by molar-refractivity contribution is 5.94. The Morgan fingerprint density at radius 2 is 1.78 bits per heavy atom. The van der Waals surface area contributed by atoms with Crippen molar-refractivity contribution in [3.8, 4) is 0 Å². The van der Waals surface area contributed by atoms with Crippen LogP contribution in [0.4, 0.5) is 11.6 Å². The van der Waals surface area contributed by atoms with Gasteiger partial charge in [-0.1, -0.05) is 0 Å². The second-order valence-corrected chi connectivity index (χ2v) is 8.82. The van der Waals surface area contributed by atoms with E-state index in [1.807, 2.05) is 32.9 Å². The Hall–Kier alpha value is -3.20. The molecule has 1 saturated heterocycles. The van der Waals surface area contributed by atoms with E-state index >= 15 is 0 Å². The van der Waals surface area contributed by atoms with Crippen molar-refractivity contribution >= 4 is 23.5 Å². The predicted octanol–water partition coefficient (Wildman–Crippen LogP) is 2.90. The number of carboxylic acid groups (broad SMARTS) is 1. The van der Waals surface area contributed by atoms with Gasteiger partial charge >= 0.3 is 5.97 Å². The zero-order chi connectivity index (χ0) is 23.1. The summed E-state index contributed by atoms with van der Waals surface area (Å²) < 4.78 is 5.68. The van der Waals surface area contributed by atoms with Crippen LogP contribution in [0.15, 0.2) is 42.7 Å². The Bertz CT molecular complexity index is 891. The monoisotopic (exact) mass is 441 g/mol. The summed E-state index contributed by atoms with van der Waals surface area (Å²) in [6.45, 7) is 7.21. The molecular formula is C23H31N5O4. The maximum Gasteiger partial charge on any atom is 0.307 e. The van der Waals surface area contributed by atoms with Crippen LogP contribution in [-0.4, -0.2) is 57.9 Å². The Kier molecular flexibility index (Phi) is 7.63. The van der Waals surface area contributed by atoms with Gasteiger partial charge in [-0.05, 0) is 63.9 Å². The molecular weight excluding hydrogens is 410 g/mol. The van der Waals surface area contributed by atoms with Gasteiger partial charge < -0.3 is 25.4 Å². The van der Waals surface area contributed by atoms with E-state index in [4.69, 9.17) is 9.84 Å². The first-order valence-electron chi connectivity index (χ1n) is 10.8. The number of nitrogens with zero attached hydrogens (tertiary/aromatic N) is 3. The number of carboxylic acids is 1. The lowest BCUT2D eigenvalue weighted by Crippen LogP contribution is -2.42. The number of benzene rings is 1. The SMILES string of the molecule is CC(C)(C)OC(CC(=O)O)NC(=O)c1ccc(N2CCC(Nc3ncccn3)CC2)cc1. The zero-order valence-electron chi connectivity index (χ0n) is 18.7. The van der Waals surface area contributed by atoms with Gasteiger partial charge in [-0.15, -0.1) is 0 Å². The maximum absolute atomic E-state index is 12.6. The lowest BCUT2D eigenvalue weighted by molar-refractivity contribution is -0.144. The van der Waals surface area contributed by atoms with E-state index in [1.165, 1.54) is 0 Å². The van der Waals surface area contributed by atoms with E-state index < -0.39 is 17.8 Å². The molecule has 0 spiro atoms. The van der Waals surface area contributed by atoms with Crippen LogP contribution < -0.4 is 15.5 Å². The van der Waals surface area contributed by atoms with E-state index in [0.717, 1.165) is 31.6 Å². The number of ether oxygens (including phenoxy) is 1. The molecule has 3 N–H and O–H groups in total. The number of aromatic nitrogens is 2. The number of rotatable bonds is 8. The van der Waals surface area contributed by atoms with Crippen LogP contribution in [0.25, 0.3) is 0 Å². The first-order valence-corrected chi connectivity index (χ1v) is 10.8. The van der Waals surface area contributed by atoms with Crippen molar-refractivity contribution in [3.63, 3.8) is 0 Å². The molecule has 1 unspecified atom stereocenters. The van der Waals surface area contributed by atoms with Crippen LogP contribution in [0.1, 0.15) is 50.4 Å². The van der Waals surface area contributed by atoms with Crippen molar-refractivity contribution in [2.24, 2.45) is 0 Å². The van der Waals surface area contributed by atoms with E-state index in [0.29, 0.717) is 17.6 Å². The van der Waals surface area contributed by atoms with Gasteiger partial charge in [0, 0.05) is 42.8 Å². The molecule has 0 aliphatic carbocycles.